The van der Waals surface area contributed by atoms with Crippen molar-refractivity contribution in [2.24, 2.45) is 7.05 Å². The molecular formula is C23H19FN4O2. The van der Waals surface area contributed by atoms with Gasteiger partial charge in [0.2, 0.25) is 0 Å². The van der Waals surface area contributed by atoms with Gasteiger partial charge in [0.05, 0.1) is 5.56 Å². The summed E-state index contributed by atoms with van der Waals surface area (Å²) in [7, 11) is 1.74. The lowest BCUT2D eigenvalue weighted by molar-refractivity contribution is -0.118. The second-order valence-corrected chi connectivity index (χ2v) is 6.59. The van der Waals surface area contributed by atoms with Crippen LogP contribution in [0.4, 0.5) is 10.2 Å². The lowest BCUT2D eigenvalue weighted by Crippen LogP contribution is -2.22. The van der Waals surface area contributed by atoms with Crippen LogP contribution in [0.3, 0.4) is 0 Å². The van der Waals surface area contributed by atoms with Crippen LogP contribution < -0.4 is 10.1 Å². The number of nitrogens with zero attached hydrogens (tertiary/aromatic N) is 3. The third-order valence-corrected chi connectivity index (χ3v) is 4.50. The molecule has 0 bridgehead atoms. The van der Waals surface area contributed by atoms with Gasteiger partial charge < -0.3 is 10.1 Å². The lowest BCUT2D eigenvalue weighted by atomic mass is 10.0. The van der Waals surface area contributed by atoms with E-state index in [9.17, 15) is 9.18 Å². The van der Waals surface area contributed by atoms with E-state index in [0.717, 1.165) is 16.7 Å². The number of aryl methyl sites for hydroxylation is 1. The second kappa shape index (κ2) is 8.57. The zero-order valence-corrected chi connectivity index (χ0v) is 16.2. The molecule has 0 spiro atoms. The van der Waals surface area contributed by atoms with Gasteiger partial charge in [-0.1, -0.05) is 18.2 Å². The third-order valence-electron chi connectivity index (χ3n) is 4.50. The van der Waals surface area contributed by atoms with E-state index in [0.29, 0.717) is 17.3 Å². The zero-order valence-electron chi connectivity index (χ0n) is 16.2. The van der Waals surface area contributed by atoms with Crippen molar-refractivity contribution in [2.75, 3.05) is 11.9 Å². The van der Waals surface area contributed by atoms with Crippen molar-refractivity contribution in [2.45, 2.75) is 0 Å². The molecule has 0 fully saturated rings. The Labute approximate surface area is 173 Å². The topological polar surface area (TPSA) is 69.0 Å². The van der Waals surface area contributed by atoms with E-state index in [1.165, 1.54) is 12.1 Å². The highest BCUT2D eigenvalue weighted by atomic mass is 19.1. The first kappa shape index (κ1) is 19.3. The molecule has 2 heterocycles. The molecule has 0 aliphatic carbocycles. The Balaban J connectivity index is 1.67. The maximum Gasteiger partial charge on any atom is 0.263 e. The van der Waals surface area contributed by atoms with Gasteiger partial charge in [0.1, 0.15) is 23.1 Å². The molecular weight excluding hydrogens is 383 g/mol. The van der Waals surface area contributed by atoms with Crippen molar-refractivity contribution in [3.05, 3.63) is 84.9 Å². The van der Waals surface area contributed by atoms with E-state index < -0.39 is 0 Å². The van der Waals surface area contributed by atoms with Crippen molar-refractivity contribution in [3.8, 4) is 28.1 Å². The molecule has 0 unspecified atom stereocenters. The summed E-state index contributed by atoms with van der Waals surface area (Å²) in [6.07, 6.45) is 3.34. The van der Waals surface area contributed by atoms with Crippen LogP contribution in [0.2, 0.25) is 0 Å². The summed E-state index contributed by atoms with van der Waals surface area (Å²) in [5, 5.41) is 7.47. The van der Waals surface area contributed by atoms with Crippen molar-refractivity contribution < 1.29 is 13.9 Å². The average molecular weight is 402 g/mol. The van der Waals surface area contributed by atoms with Gasteiger partial charge in [0.25, 0.3) is 5.91 Å². The van der Waals surface area contributed by atoms with Gasteiger partial charge in [0, 0.05) is 25.0 Å². The number of rotatable bonds is 6. The molecule has 30 heavy (non-hydrogen) atoms. The van der Waals surface area contributed by atoms with Gasteiger partial charge in [-0.15, -0.1) is 0 Å². The summed E-state index contributed by atoms with van der Waals surface area (Å²) in [4.78, 5) is 16.6. The number of aromatic nitrogens is 3. The fraction of sp³-hybridized carbons (Fsp3) is 0.0870. The molecule has 4 rings (SSSR count). The molecule has 2 aromatic heterocycles. The zero-order chi connectivity index (χ0) is 20.9. The number of carbonyl (C=O) groups is 1. The largest absolute Gasteiger partial charge is 0.484 e. The highest BCUT2D eigenvalue weighted by Gasteiger charge is 2.21. The van der Waals surface area contributed by atoms with Crippen LogP contribution in [0.1, 0.15) is 0 Å². The van der Waals surface area contributed by atoms with Crippen LogP contribution in [-0.4, -0.2) is 27.3 Å². The summed E-state index contributed by atoms with van der Waals surface area (Å²) >= 11 is 0. The van der Waals surface area contributed by atoms with Gasteiger partial charge in [-0.2, -0.15) is 5.10 Å². The first-order chi connectivity index (χ1) is 14.6. The number of hydrogen-bond acceptors (Lipinski definition) is 4. The minimum atomic E-state index is -0.327. The molecule has 0 saturated heterocycles. The second-order valence-electron chi connectivity index (χ2n) is 6.59. The summed E-state index contributed by atoms with van der Waals surface area (Å²) < 4.78 is 20.5. The molecule has 0 aliphatic rings. The normalized spacial score (nSPS) is 10.6. The van der Waals surface area contributed by atoms with Gasteiger partial charge in [-0.25, -0.2) is 4.39 Å². The molecule has 7 heteroatoms. The van der Waals surface area contributed by atoms with Crippen molar-refractivity contribution >= 4 is 11.7 Å². The van der Waals surface area contributed by atoms with Gasteiger partial charge in [-0.3, -0.25) is 14.5 Å². The predicted molar refractivity (Wildman–Crippen MR) is 112 cm³/mol. The Kier molecular flexibility index (Phi) is 5.52. The molecule has 150 valence electrons. The maximum atomic E-state index is 13.4. The first-order valence-corrected chi connectivity index (χ1v) is 9.33. The van der Waals surface area contributed by atoms with Gasteiger partial charge in [-0.05, 0) is 54.1 Å². The van der Waals surface area contributed by atoms with Gasteiger partial charge >= 0.3 is 0 Å². The summed E-state index contributed by atoms with van der Waals surface area (Å²) in [6, 6.07) is 18.9. The fourth-order valence-electron chi connectivity index (χ4n) is 3.10. The number of pyridine rings is 1. The van der Waals surface area contributed by atoms with Crippen molar-refractivity contribution in [1.29, 1.82) is 0 Å². The van der Waals surface area contributed by atoms with E-state index in [1.54, 1.807) is 48.4 Å². The number of hydrogen-bond donors (Lipinski definition) is 1. The Morgan fingerprint density at radius 3 is 2.40 bits per heavy atom. The lowest BCUT2D eigenvalue weighted by Gasteiger charge is -2.10. The Hall–Kier alpha value is -4.00. The Morgan fingerprint density at radius 1 is 1.00 bits per heavy atom. The van der Waals surface area contributed by atoms with Crippen LogP contribution in [-0.2, 0) is 11.8 Å². The molecule has 1 amide bonds. The predicted octanol–water partition coefficient (Wildman–Crippen LogP) is 4.31. The van der Waals surface area contributed by atoms with Gasteiger partial charge in [0.15, 0.2) is 6.61 Å². The van der Waals surface area contributed by atoms with Crippen LogP contribution in [0.5, 0.6) is 5.75 Å². The Morgan fingerprint density at radius 2 is 1.70 bits per heavy atom. The highest BCUT2D eigenvalue weighted by Crippen LogP contribution is 2.37. The molecule has 1 N–H and O–H groups in total. The summed E-state index contributed by atoms with van der Waals surface area (Å²) in [6.45, 7) is -0.142. The quantitative estimate of drug-likeness (QED) is 0.522. The maximum absolute atomic E-state index is 13.4. The number of ether oxygens (including phenoxy) is 1. The number of nitrogens with one attached hydrogen (secondary N) is 1. The average Bonchev–Trinajstić information content (AvgIpc) is 3.10. The van der Waals surface area contributed by atoms with Crippen LogP contribution in [0.15, 0.2) is 79.1 Å². The number of benzene rings is 2. The third kappa shape index (κ3) is 4.20. The van der Waals surface area contributed by atoms with Crippen LogP contribution in [0, 0.1) is 5.82 Å². The molecule has 0 atom stereocenters. The van der Waals surface area contributed by atoms with Crippen LogP contribution >= 0.6 is 0 Å². The van der Waals surface area contributed by atoms with Crippen molar-refractivity contribution in [1.82, 2.24) is 14.8 Å². The van der Waals surface area contributed by atoms with E-state index in [2.05, 4.69) is 15.4 Å². The first-order valence-electron chi connectivity index (χ1n) is 9.33. The van der Waals surface area contributed by atoms with E-state index in [1.807, 2.05) is 30.3 Å². The smallest absolute Gasteiger partial charge is 0.263 e. The number of para-hydroxylation sites is 1. The fourth-order valence-corrected chi connectivity index (χ4v) is 3.10. The van der Waals surface area contributed by atoms with E-state index in [-0.39, 0.29) is 18.3 Å². The molecule has 6 nitrogen and oxygen atoms in total. The molecule has 0 radical (unpaired) electrons. The molecule has 4 aromatic rings. The molecule has 0 saturated carbocycles. The summed E-state index contributed by atoms with van der Waals surface area (Å²) in [5.41, 5.74) is 2.92. The minimum absolute atomic E-state index is 0.142. The minimum Gasteiger partial charge on any atom is -0.484 e. The monoisotopic (exact) mass is 402 g/mol. The SMILES string of the molecule is Cn1nc(-c2ccc(F)cc2)c(-c2ccncc2)c1NC(=O)COc1ccccc1. The number of amides is 1. The van der Waals surface area contributed by atoms with E-state index >= 15 is 0 Å². The Bertz CT molecular complexity index is 1140. The number of carbonyl (C=O) groups excluding carboxylic acids is 1. The van der Waals surface area contributed by atoms with Crippen molar-refractivity contribution in [3.63, 3.8) is 0 Å². The number of halogens is 1. The standard InChI is InChI=1S/C23H19FN4O2/c1-28-23(26-20(29)15-30-19-5-3-2-4-6-19)21(16-11-13-25-14-12-16)22(27-28)17-7-9-18(24)10-8-17/h2-14H,15H2,1H3,(H,26,29). The summed E-state index contributed by atoms with van der Waals surface area (Å²) in [5.74, 6) is 0.482. The van der Waals surface area contributed by atoms with Crippen LogP contribution in [0.25, 0.3) is 22.4 Å². The number of anilines is 1. The molecule has 2 aromatic carbocycles. The molecule has 0 aliphatic heterocycles. The highest BCUT2D eigenvalue weighted by molar-refractivity contribution is 5.98. The van der Waals surface area contributed by atoms with E-state index in [4.69, 9.17) is 4.74 Å².